The van der Waals surface area contributed by atoms with E-state index in [0.717, 1.165) is 44.1 Å². The van der Waals surface area contributed by atoms with Gasteiger partial charge in [0.15, 0.2) is 11.5 Å². The van der Waals surface area contributed by atoms with E-state index in [1.165, 1.54) is 18.0 Å². The third kappa shape index (κ3) is 6.31. The van der Waals surface area contributed by atoms with Crippen molar-refractivity contribution in [1.82, 2.24) is 14.9 Å². The van der Waals surface area contributed by atoms with Gasteiger partial charge in [-0.15, -0.1) is 0 Å². The molecule has 1 aliphatic rings. The van der Waals surface area contributed by atoms with Gasteiger partial charge in [-0.3, -0.25) is 9.69 Å². The summed E-state index contributed by atoms with van der Waals surface area (Å²) < 4.78 is 16.1. The van der Waals surface area contributed by atoms with Crippen LogP contribution in [0, 0.1) is 0 Å². The highest BCUT2D eigenvalue weighted by molar-refractivity contribution is 6.01. The Morgan fingerprint density at radius 1 is 0.944 bits per heavy atom. The molecule has 0 bridgehead atoms. The van der Waals surface area contributed by atoms with E-state index in [1.54, 1.807) is 45.6 Å². The Labute approximate surface area is 211 Å². The van der Waals surface area contributed by atoms with Crippen molar-refractivity contribution in [2.45, 2.75) is 6.54 Å². The Bertz CT molecular complexity index is 1170. The molecule has 2 heterocycles. The molecule has 9 nitrogen and oxygen atoms in total. The molecule has 1 aliphatic heterocycles. The normalized spacial score (nSPS) is 14.0. The number of amides is 1. The van der Waals surface area contributed by atoms with Crippen LogP contribution in [0.15, 0.2) is 60.9 Å². The Morgan fingerprint density at radius 2 is 1.64 bits per heavy atom. The van der Waals surface area contributed by atoms with Crippen LogP contribution in [0.1, 0.15) is 11.1 Å². The van der Waals surface area contributed by atoms with Crippen LogP contribution in [0.2, 0.25) is 0 Å². The highest BCUT2D eigenvalue weighted by atomic mass is 16.5. The Hall–Kier alpha value is -4.11. The number of benzene rings is 2. The number of carbonyl (C=O) groups is 1. The smallest absolute Gasteiger partial charge is 0.249 e. The van der Waals surface area contributed by atoms with Gasteiger partial charge in [-0.2, -0.15) is 0 Å². The number of ether oxygens (including phenoxy) is 3. The van der Waals surface area contributed by atoms with Crippen molar-refractivity contribution < 1.29 is 19.0 Å². The molecule has 0 saturated carbocycles. The van der Waals surface area contributed by atoms with Gasteiger partial charge in [0.2, 0.25) is 11.7 Å². The quantitative estimate of drug-likeness (QED) is 0.457. The first-order chi connectivity index (χ1) is 17.6. The number of aromatic nitrogens is 2. The number of methoxy groups -OCH3 is 3. The molecule has 1 aromatic heterocycles. The van der Waals surface area contributed by atoms with Crippen molar-refractivity contribution in [3.8, 4) is 17.2 Å². The highest BCUT2D eigenvalue weighted by Gasteiger charge is 2.19. The SMILES string of the molecule is COc1cc(/C=C/C(=O)Nc2cc(N3CCN(Cc4ccccc4)CC3)ncn2)cc(OC)c1OC. The third-order valence-corrected chi connectivity index (χ3v) is 5.96. The number of carbonyl (C=O) groups excluding carboxylic acids is 1. The first-order valence-electron chi connectivity index (χ1n) is 11.7. The molecule has 36 heavy (non-hydrogen) atoms. The lowest BCUT2D eigenvalue weighted by molar-refractivity contribution is -0.111. The van der Waals surface area contributed by atoms with E-state index in [9.17, 15) is 4.79 Å². The second kappa shape index (κ2) is 12.0. The van der Waals surface area contributed by atoms with Crippen LogP contribution in [-0.4, -0.2) is 68.3 Å². The van der Waals surface area contributed by atoms with Gasteiger partial charge in [0.25, 0.3) is 0 Å². The van der Waals surface area contributed by atoms with E-state index < -0.39 is 0 Å². The summed E-state index contributed by atoms with van der Waals surface area (Å²) in [5.41, 5.74) is 2.05. The van der Waals surface area contributed by atoms with E-state index in [1.807, 2.05) is 6.07 Å². The predicted molar refractivity (Wildman–Crippen MR) is 140 cm³/mol. The van der Waals surface area contributed by atoms with Gasteiger partial charge in [-0.05, 0) is 29.3 Å². The monoisotopic (exact) mass is 489 g/mol. The Balaban J connectivity index is 1.35. The van der Waals surface area contributed by atoms with E-state index in [4.69, 9.17) is 14.2 Å². The summed E-state index contributed by atoms with van der Waals surface area (Å²) >= 11 is 0. The molecule has 4 rings (SSSR count). The van der Waals surface area contributed by atoms with Crippen LogP contribution in [0.3, 0.4) is 0 Å². The molecule has 2 aromatic carbocycles. The fraction of sp³-hybridized carbons (Fsp3) is 0.296. The zero-order valence-corrected chi connectivity index (χ0v) is 20.8. The molecule has 0 radical (unpaired) electrons. The molecule has 0 unspecified atom stereocenters. The Morgan fingerprint density at radius 3 is 2.28 bits per heavy atom. The van der Waals surface area contributed by atoms with E-state index in [2.05, 4.69) is 49.4 Å². The van der Waals surface area contributed by atoms with E-state index >= 15 is 0 Å². The zero-order valence-electron chi connectivity index (χ0n) is 20.8. The molecule has 1 amide bonds. The lowest BCUT2D eigenvalue weighted by Crippen LogP contribution is -2.46. The van der Waals surface area contributed by atoms with Crippen LogP contribution in [0.5, 0.6) is 17.2 Å². The topological polar surface area (TPSA) is 89.1 Å². The molecule has 0 atom stereocenters. The lowest BCUT2D eigenvalue weighted by Gasteiger charge is -2.35. The summed E-state index contributed by atoms with van der Waals surface area (Å²) in [6.45, 7) is 4.55. The molecule has 1 fully saturated rings. The minimum absolute atomic E-state index is 0.305. The van der Waals surface area contributed by atoms with Crippen LogP contribution in [0.25, 0.3) is 6.08 Å². The molecule has 0 aliphatic carbocycles. The van der Waals surface area contributed by atoms with Crippen molar-refractivity contribution in [3.63, 3.8) is 0 Å². The predicted octanol–water partition coefficient (Wildman–Crippen LogP) is 3.48. The van der Waals surface area contributed by atoms with E-state index in [-0.39, 0.29) is 5.91 Å². The fourth-order valence-corrected chi connectivity index (χ4v) is 4.10. The summed E-state index contributed by atoms with van der Waals surface area (Å²) in [7, 11) is 4.64. The highest BCUT2D eigenvalue weighted by Crippen LogP contribution is 2.38. The van der Waals surface area contributed by atoms with Crippen molar-refractivity contribution in [2.75, 3.05) is 57.7 Å². The maximum Gasteiger partial charge on any atom is 0.249 e. The first kappa shape index (κ1) is 25.0. The minimum atomic E-state index is -0.305. The maximum atomic E-state index is 12.6. The van der Waals surface area contributed by atoms with Gasteiger partial charge < -0.3 is 24.4 Å². The van der Waals surface area contributed by atoms with Crippen molar-refractivity contribution in [2.24, 2.45) is 0 Å². The summed E-state index contributed by atoms with van der Waals surface area (Å²) in [5.74, 6) is 2.47. The largest absolute Gasteiger partial charge is 0.493 e. The molecule has 1 saturated heterocycles. The second-order valence-electron chi connectivity index (χ2n) is 8.29. The summed E-state index contributed by atoms with van der Waals surface area (Å²) in [6, 6.07) is 15.8. The number of nitrogens with one attached hydrogen (secondary N) is 1. The standard InChI is InChI=1S/C27H31N5O4/c1-34-22-15-21(16-23(35-2)27(22)36-3)9-10-26(33)30-24-17-25(29-19-28-24)32-13-11-31(12-14-32)18-20-7-5-4-6-8-20/h4-10,15-17,19H,11-14,18H2,1-3H3,(H,28,29,30,33)/b10-9+. The van der Waals surface area contributed by atoms with Crippen LogP contribution >= 0.6 is 0 Å². The van der Waals surface area contributed by atoms with Gasteiger partial charge in [0.1, 0.15) is 18.0 Å². The number of nitrogens with zero attached hydrogens (tertiary/aromatic N) is 4. The number of piperazine rings is 1. The molecule has 0 spiro atoms. The van der Waals surface area contributed by atoms with Crippen molar-refractivity contribution >= 4 is 23.6 Å². The summed E-state index contributed by atoms with van der Waals surface area (Å²) in [4.78, 5) is 25.8. The average molecular weight is 490 g/mol. The maximum absolute atomic E-state index is 12.6. The van der Waals surface area contributed by atoms with Gasteiger partial charge in [0.05, 0.1) is 21.3 Å². The third-order valence-electron chi connectivity index (χ3n) is 5.96. The number of anilines is 2. The van der Waals surface area contributed by atoms with Crippen molar-refractivity contribution in [3.05, 3.63) is 72.1 Å². The molecule has 188 valence electrons. The number of hydrogen-bond donors (Lipinski definition) is 1. The van der Waals surface area contributed by atoms with Gasteiger partial charge in [-0.1, -0.05) is 30.3 Å². The minimum Gasteiger partial charge on any atom is -0.493 e. The summed E-state index contributed by atoms with van der Waals surface area (Å²) in [6.07, 6.45) is 4.59. The van der Waals surface area contributed by atoms with Crippen LogP contribution < -0.4 is 24.4 Å². The number of hydrogen-bond acceptors (Lipinski definition) is 8. The fourth-order valence-electron chi connectivity index (χ4n) is 4.10. The molecule has 3 aromatic rings. The van der Waals surface area contributed by atoms with Crippen molar-refractivity contribution in [1.29, 1.82) is 0 Å². The molecule has 9 heteroatoms. The first-order valence-corrected chi connectivity index (χ1v) is 11.7. The van der Waals surface area contributed by atoms with Gasteiger partial charge in [0, 0.05) is 44.9 Å². The number of rotatable bonds is 9. The molecule has 1 N–H and O–H groups in total. The average Bonchev–Trinajstić information content (AvgIpc) is 2.92. The second-order valence-corrected chi connectivity index (χ2v) is 8.29. The molecular formula is C27H31N5O4. The Kier molecular flexibility index (Phi) is 8.36. The zero-order chi connectivity index (χ0) is 25.3. The lowest BCUT2D eigenvalue weighted by atomic mass is 10.1. The molecular weight excluding hydrogens is 458 g/mol. The van der Waals surface area contributed by atoms with Gasteiger partial charge in [-0.25, -0.2) is 9.97 Å². The van der Waals surface area contributed by atoms with Crippen LogP contribution in [0.4, 0.5) is 11.6 Å². The van der Waals surface area contributed by atoms with Gasteiger partial charge >= 0.3 is 0 Å². The van der Waals surface area contributed by atoms with Crippen LogP contribution in [-0.2, 0) is 11.3 Å². The van der Waals surface area contributed by atoms with E-state index in [0.29, 0.717) is 23.1 Å². The summed E-state index contributed by atoms with van der Waals surface area (Å²) in [5, 5.41) is 2.81.